The number of carbonyl (C=O) groups excluding carboxylic acids is 1. The van der Waals surface area contributed by atoms with Gasteiger partial charge < -0.3 is 15.8 Å². The topological polar surface area (TPSA) is 93.0 Å². The Morgan fingerprint density at radius 3 is 2.41 bits per heavy atom. The molecule has 202 valence electrons. The molecule has 6 nitrogen and oxygen atoms in total. The third-order valence-corrected chi connectivity index (χ3v) is 5.83. The van der Waals surface area contributed by atoms with Crippen LogP contribution in [-0.2, 0) is 4.79 Å². The summed E-state index contributed by atoms with van der Waals surface area (Å²) in [5.41, 5.74) is 7.14. The van der Waals surface area contributed by atoms with E-state index in [-0.39, 0.29) is 11.0 Å². The average Bonchev–Trinajstić information content (AvgIpc) is 3.28. The van der Waals surface area contributed by atoms with Crippen LogP contribution >= 0.6 is 0 Å². The Morgan fingerprint density at radius 1 is 1.00 bits per heavy atom. The van der Waals surface area contributed by atoms with Gasteiger partial charge in [-0.05, 0) is 58.2 Å². The van der Waals surface area contributed by atoms with Gasteiger partial charge in [-0.2, -0.15) is 22.7 Å². The number of fused-ring (bicyclic) bond motifs is 1. The van der Waals surface area contributed by atoms with Crippen molar-refractivity contribution in [2.45, 2.75) is 12.6 Å². The van der Waals surface area contributed by atoms with Crippen LogP contribution in [0.25, 0.3) is 22.0 Å². The minimum Gasteiger partial charge on any atom is -0.492 e. The maximum absolute atomic E-state index is 14.3. The van der Waals surface area contributed by atoms with Crippen LogP contribution in [0.5, 0.6) is 5.75 Å². The highest BCUT2D eigenvalue weighted by molar-refractivity contribution is 6.00. The van der Waals surface area contributed by atoms with Crippen LogP contribution in [-0.4, -0.2) is 42.0 Å². The van der Waals surface area contributed by atoms with Crippen molar-refractivity contribution in [2.75, 3.05) is 19.7 Å². The van der Waals surface area contributed by atoms with Crippen molar-refractivity contribution >= 4 is 28.0 Å². The van der Waals surface area contributed by atoms with E-state index in [4.69, 9.17) is 10.5 Å². The van der Waals surface area contributed by atoms with E-state index in [0.29, 0.717) is 53.2 Å². The lowest BCUT2D eigenvalue weighted by Crippen LogP contribution is -2.21. The van der Waals surface area contributed by atoms with Crippen LogP contribution in [0, 0.1) is 5.95 Å². The molecule has 10 heteroatoms. The molecule has 39 heavy (non-hydrogen) atoms. The van der Waals surface area contributed by atoms with Gasteiger partial charge in [-0.1, -0.05) is 54.6 Å². The summed E-state index contributed by atoms with van der Waals surface area (Å²) in [6.45, 7) is 1.27. The van der Waals surface area contributed by atoms with E-state index >= 15 is 0 Å². The van der Waals surface area contributed by atoms with Gasteiger partial charge in [-0.3, -0.25) is 9.89 Å². The third-order valence-electron chi connectivity index (χ3n) is 5.83. The first-order valence-corrected chi connectivity index (χ1v) is 12.1. The number of ether oxygens (including phenoxy) is 1. The van der Waals surface area contributed by atoms with Gasteiger partial charge in [0.25, 0.3) is 0 Å². The Bertz CT molecular complexity index is 1480. The first-order valence-electron chi connectivity index (χ1n) is 12.1. The molecule has 0 bridgehead atoms. The first kappa shape index (κ1) is 27.6. The van der Waals surface area contributed by atoms with E-state index < -0.39 is 24.5 Å². The van der Waals surface area contributed by atoms with Crippen molar-refractivity contribution in [1.29, 1.82) is 0 Å². The standard InChI is InChI=1S/C29H26F4N4O2/c30-28-23-17-21(10-13-25(23)36-37-28)27(24(18-29(31,32)33)19-5-2-1-3-6-19)20-8-11-22(12-9-20)39-16-15-35-14-4-7-26(34)38/h1-13,17,35H,14-16,18H2,(H2,34,38)(H,36,37)/b7-4+,27-24+. The number of aromatic amines is 1. The molecule has 0 radical (unpaired) electrons. The number of nitrogens with two attached hydrogens (primary N) is 1. The molecule has 0 atom stereocenters. The number of carbonyl (C=O) groups is 1. The molecule has 1 amide bonds. The second kappa shape index (κ2) is 12.4. The van der Waals surface area contributed by atoms with Crippen molar-refractivity contribution in [2.24, 2.45) is 5.73 Å². The number of nitrogens with zero attached hydrogens (tertiary/aromatic N) is 1. The maximum Gasteiger partial charge on any atom is 0.393 e. The molecule has 0 saturated carbocycles. The summed E-state index contributed by atoms with van der Waals surface area (Å²) in [6, 6.07) is 19.8. The molecular weight excluding hydrogens is 512 g/mol. The molecular formula is C29H26F4N4O2. The monoisotopic (exact) mass is 538 g/mol. The number of primary amides is 1. The molecule has 0 saturated heterocycles. The van der Waals surface area contributed by atoms with E-state index in [9.17, 15) is 22.4 Å². The number of allylic oxidation sites excluding steroid dienone is 1. The van der Waals surface area contributed by atoms with E-state index in [2.05, 4.69) is 15.5 Å². The normalized spacial score (nSPS) is 12.6. The molecule has 0 fully saturated rings. The lowest BCUT2D eigenvalue weighted by Gasteiger charge is -2.19. The largest absolute Gasteiger partial charge is 0.492 e. The highest BCUT2D eigenvalue weighted by atomic mass is 19.4. The predicted octanol–water partition coefficient (Wildman–Crippen LogP) is 5.62. The molecule has 0 aliphatic carbocycles. The molecule has 3 aromatic carbocycles. The number of hydrogen-bond acceptors (Lipinski definition) is 4. The van der Waals surface area contributed by atoms with E-state index in [1.54, 1.807) is 72.8 Å². The Kier molecular flexibility index (Phi) is 8.77. The van der Waals surface area contributed by atoms with Crippen molar-refractivity contribution in [1.82, 2.24) is 15.5 Å². The van der Waals surface area contributed by atoms with Gasteiger partial charge in [0.2, 0.25) is 11.9 Å². The minimum atomic E-state index is -4.48. The number of nitrogens with one attached hydrogen (secondary N) is 2. The highest BCUT2D eigenvalue weighted by Crippen LogP contribution is 2.40. The van der Waals surface area contributed by atoms with Crippen molar-refractivity contribution in [3.8, 4) is 5.75 Å². The second-order valence-corrected chi connectivity index (χ2v) is 8.66. The number of halogens is 4. The number of aromatic nitrogens is 2. The van der Waals surface area contributed by atoms with Gasteiger partial charge >= 0.3 is 6.18 Å². The maximum atomic E-state index is 14.3. The molecule has 0 aliphatic heterocycles. The zero-order valence-electron chi connectivity index (χ0n) is 20.8. The number of hydrogen-bond donors (Lipinski definition) is 3. The summed E-state index contributed by atoms with van der Waals surface area (Å²) in [6.07, 6.45) is -2.79. The summed E-state index contributed by atoms with van der Waals surface area (Å²) in [4.78, 5) is 10.7. The fourth-order valence-electron chi connectivity index (χ4n) is 4.14. The Morgan fingerprint density at radius 2 is 1.72 bits per heavy atom. The van der Waals surface area contributed by atoms with Crippen LogP contribution in [0.1, 0.15) is 23.1 Å². The Labute approximate surface area is 222 Å². The average molecular weight is 539 g/mol. The molecule has 4 rings (SSSR count). The quantitative estimate of drug-likeness (QED) is 0.100. The van der Waals surface area contributed by atoms with E-state index in [1.165, 1.54) is 12.1 Å². The number of rotatable bonds is 11. The Hall–Kier alpha value is -4.44. The van der Waals surface area contributed by atoms with Gasteiger partial charge in [0.1, 0.15) is 12.4 Å². The first-order chi connectivity index (χ1) is 18.7. The van der Waals surface area contributed by atoms with Crippen LogP contribution in [0.4, 0.5) is 17.6 Å². The van der Waals surface area contributed by atoms with Gasteiger partial charge in [-0.25, -0.2) is 0 Å². The van der Waals surface area contributed by atoms with Crippen molar-refractivity contribution < 1.29 is 27.1 Å². The number of benzene rings is 3. The number of amides is 1. The van der Waals surface area contributed by atoms with Crippen LogP contribution in [0.2, 0.25) is 0 Å². The zero-order valence-corrected chi connectivity index (χ0v) is 20.8. The van der Waals surface area contributed by atoms with Crippen molar-refractivity contribution in [3.05, 3.63) is 108 Å². The lowest BCUT2D eigenvalue weighted by atomic mass is 9.87. The summed E-state index contributed by atoms with van der Waals surface area (Å²) in [5.74, 6) is -0.659. The second-order valence-electron chi connectivity index (χ2n) is 8.66. The van der Waals surface area contributed by atoms with Crippen LogP contribution in [0.15, 0.2) is 84.9 Å². The number of H-pyrrole nitrogens is 1. The van der Waals surface area contributed by atoms with Gasteiger partial charge in [0, 0.05) is 13.1 Å². The zero-order chi connectivity index (χ0) is 27.8. The summed E-state index contributed by atoms with van der Waals surface area (Å²) < 4.78 is 61.6. The molecule has 0 spiro atoms. The molecule has 1 aromatic heterocycles. The van der Waals surface area contributed by atoms with Gasteiger partial charge in [-0.15, -0.1) is 0 Å². The Balaban J connectivity index is 1.68. The summed E-state index contributed by atoms with van der Waals surface area (Å²) in [5, 5.41) is 9.40. The lowest BCUT2D eigenvalue weighted by molar-refractivity contribution is -0.123. The summed E-state index contributed by atoms with van der Waals surface area (Å²) in [7, 11) is 0. The van der Waals surface area contributed by atoms with Crippen LogP contribution in [0.3, 0.4) is 0 Å². The smallest absolute Gasteiger partial charge is 0.393 e. The predicted molar refractivity (Wildman–Crippen MR) is 142 cm³/mol. The molecule has 0 aliphatic rings. The highest BCUT2D eigenvalue weighted by Gasteiger charge is 2.31. The van der Waals surface area contributed by atoms with E-state index in [1.807, 2.05) is 0 Å². The van der Waals surface area contributed by atoms with E-state index in [0.717, 1.165) is 0 Å². The number of alkyl halides is 3. The molecule has 4 N–H and O–H groups in total. The van der Waals surface area contributed by atoms with Gasteiger partial charge in [0.05, 0.1) is 17.3 Å². The molecule has 4 aromatic rings. The van der Waals surface area contributed by atoms with Gasteiger partial charge in [0.15, 0.2) is 0 Å². The third kappa shape index (κ3) is 7.55. The molecule has 1 heterocycles. The minimum absolute atomic E-state index is 0.0632. The van der Waals surface area contributed by atoms with Crippen molar-refractivity contribution in [3.63, 3.8) is 0 Å². The SMILES string of the molecule is NC(=O)/C=C/CNCCOc1ccc(/C(=C(/CC(F)(F)F)c2ccccc2)c2ccc3n[nH]c(F)c3c2)cc1. The fourth-order valence-corrected chi connectivity index (χ4v) is 4.14. The fraction of sp³-hybridized carbons (Fsp3) is 0.172. The van der Waals surface area contributed by atoms with Crippen LogP contribution < -0.4 is 15.8 Å². The molecule has 0 unspecified atom stereocenters. The summed E-state index contributed by atoms with van der Waals surface area (Å²) >= 11 is 0.